The molecule has 0 saturated heterocycles. The van der Waals surface area contributed by atoms with Crippen LogP contribution in [0.2, 0.25) is 0 Å². The van der Waals surface area contributed by atoms with Crippen molar-refractivity contribution in [1.29, 1.82) is 0 Å². The van der Waals surface area contributed by atoms with E-state index in [1.165, 1.54) is 11.3 Å². The predicted molar refractivity (Wildman–Crippen MR) is 80.0 cm³/mol. The lowest BCUT2D eigenvalue weighted by Crippen LogP contribution is -2.23. The number of aromatic nitrogens is 3. The zero-order valence-electron chi connectivity index (χ0n) is 11.3. The van der Waals surface area contributed by atoms with Gasteiger partial charge in [0, 0.05) is 18.9 Å². The van der Waals surface area contributed by atoms with Crippen molar-refractivity contribution in [3.05, 3.63) is 46.5 Å². The summed E-state index contributed by atoms with van der Waals surface area (Å²) in [5.41, 5.74) is 2.48. The molecule has 0 spiro atoms. The summed E-state index contributed by atoms with van der Waals surface area (Å²) in [4.78, 5) is 4.06. The fourth-order valence-corrected chi connectivity index (χ4v) is 2.77. The summed E-state index contributed by atoms with van der Waals surface area (Å²) in [5.74, 6) is 0. The highest BCUT2D eigenvalue weighted by Gasteiger charge is 2.18. The number of aryl methyl sites for hydroxylation is 1. The van der Waals surface area contributed by atoms with Crippen LogP contribution >= 0.6 is 15.9 Å². The molecule has 2 rings (SSSR count). The molecule has 2 aromatic heterocycles. The average Bonchev–Trinajstić information content (AvgIpc) is 2.79. The predicted octanol–water partition coefficient (Wildman–Crippen LogP) is 2.95. The average molecular weight is 323 g/mol. The first-order valence-corrected chi connectivity index (χ1v) is 7.33. The topological polar surface area (TPSA) is 42.7 Å². The van der Waals surface area contributed by atoms with Gasteiger partial charge in [-0.05, 0) is 53.5 Å². The van der Waals surface area contributed by atoms with E-state index in [1.807, 2.05) is 25.6 Å². The second-order valence-electron chi connectivity index (χ2n) is 4.50. The zero-order chi connectivity index (χ0) is 13.7. The standard InChI is InChI=1S/C14H19BrN4/c1-3-8-19-14(12(15)10-18-19)13(16-2)9-11-4-6-17-7-5-11/h4-7,10,13,16H,3,8-9H2,1-2H3. The van der Waals surface area contributed by atoms with Crippen LogP contribution in [0.3, 0.4) is 0 Å². The Labute approximate surface area is 122 Å². The molecule has 102 valence electrons. The molecule has 0 aliphatic rings. The molecule has 0 saturated carbocycles. The van der Waals surface area contributed by atoms with Crippen LogP contribution in [0.15, 0.2) is 35.2 Å². The fourth-order valence-electron chi connectivity index (χ4n) is 2.20. The lowest BCUT2D eigenvalue weighted by Gasteiger charge is -2.18. The van der Waals surface area contributed by atoms with Gasteiger partial charge in [-0.1, -0.05) is 6.92 Å². The molecule has 4 nitrogen and oxygen atoms in total. The summed E-state index contributed by atoms with van der Waals surface area (Å²) >= 11 is 3.61. The molecule has 0 amide bonds. The van der Waals surface area contributed by atoms with Crippen molar-refractivity contribution in [3.8, 4) is 0 Å². The number of hydrogen-bond acceptors (Lipinski definition) is 3. The molecule has 2 aromatic rings. The third kappa shape index (κ3) is 3.42. The molecule has 0 aliphatic carbocycles. The Balaban J connectivity index is 2.24. The van der Waals surface area contributed by atoms with Gasteiger partial charge in [0.2, 0.25) is 0 Å². The Bertz CT molecular complexity index is 509. The Morgan fingerprint density at radius 2 is 2.11 bits per heavy atom. The first-order chi connectivity index (χ1) is 9.26. The van der Waals surface area contributed by atoms with Gasteiger partial charge in [-0.15, -0.1) is 0 Å². The number of halogens is 1. The smallest absolute Gasteiger partial charge is 0.0698 e. The SMILES string of the molecule is CCCn1ncc(Br)c1C(Cc1ccncc1)NC. The van der Waals surface area contributed by atoms with E-state index in [0.717, 1.165) is 23.9 Å². The summed E-state index contributed by atoms with van der Waals surface area (Å²) in [5, 5.41) is 7.81. The summed E-state index contributed by atoms with van der Waals surface area (Å²) in [6.07, 6.45) is 7.54. The van der Waals surface area contributed by atoms with Gasteiger partial charge in [-0.2, -0.15) is 5.10 Å². The maximum Gasteiger partial charge on any atom is 0.0698 e. The number of rotatable bonds is 6. The molecule has 0 aromatic carbocycles. The van der Waals surface area contributed by atoms with Gasteiger partial charge in [-0.25, -0.2) is 0 Å². The van der Waals surface area contributed by atoms with Gasteiger partial charge < -0.3 is 5.32 Å². The molecule has 0 radical (unpaired) electrons. The van der Waals surface area contributed by atoms with Crippen molar-refractivity contribution in [2.24, 2.45) is 0 Å². The van der Waals surface area contributed by atoms with Crippen molar-refractivity contribution in [1.82, 2.24) is 20.1 Å². The highest BCUT2D eigenvalue weighted by atomic mass is 79.9. The van der Waals surface area contributed by atoms with E-state index in [0.29, 0.717) is 0 Å². The van der Waals surface area contributed by atoms with Crippen molar-refractivity contribution in [2.45, 2.75) is 32.4 Å². The summed E-state index contributed by atoms with van der Waals surface area (Å²) in [7, 11) is 1.99. The van der Waals surface area contributed by atoms with E-state index >= 15 is 0 Å². The van der Waals surface area contributed by atoms with Crippen LogP contribution in [0.5, 0.6) is 0 Å². The molecule has 0 fully saturated rings. The third-order valence-corrected chi connectivity index (χ3v) is 3.75. The van der Waals surface area contributed by atoms with E-state index in [4.69, 9.17) is 0 Å². The number of hydrogen-bond donors (Lipinski definition) is 1. The summed E-state index contributed by atoms with van der Waals surface area (Å²) in [6.45, 7) is 3.10. The second-order valence-corrected chi connectivity index (χ2v) is 5.36. The van der Waals surface area contributed by atoms with Crippen LogP contribution in [0, 0.1) is 0 Å². The first-order valence-electron chi connectivity index (χ1n) is 6.53. The minimum atomic E-state index is 0.242. The number of likely N-dealkylation sites (N-methyl/N-ethyl adjacent to an activating group) is 1. The van der Waals surface area contributed by atoms with Crippen molar-refractivity contribution < 1.29 is 0 Å². The van der Waals surface area contributed by atoms with Crippen LogP contribution in [0.1, 0.15) is 30.6 Å². The quantitative estimate of drug-likeness (QED) is 0.889. The molecule has 5 heteroatoms. The molecule has 1 unspecified atom stereocenters. The maximum absolute atomic E-state index is 4.43. The van der Waals surface area contributed by atoms with Crippen LogP contribution in [-0.4, -0.2) is 21.8 Å². The molecule has 2 heterocycles. The number of pyridine rings is 1. The van der Waals surface area contributed by atoms with E-state index < -0.39 is 0 Å². The lowest BCUT2D eigenvalue weighted by atomic mass is 10.0. The minimum absolute atomic E-state index is 0.242. The van der Waals surface area contributed by atoms with E-state index in [1.54, 1.807) is 0 Å². The van der Waals surface area contributed by atoms with Gasteiger partial charge >= 0.3 is 0 Å². The Morgan fingerprint density at radius 1 is 1.37 bits per heavy atom. The third-order valence-electron chi connectivity index (χ3n) is 3.14. The van der Waals surface area contributed by atoms with Crippen molar-refractivity contribution in [3.63, 3.8) is 0 Å². The zero-order valence-corrected chi connectivity index (χ0v) is 12.9. The van der Waals surface area contributed by atoms with Gasteiger partial charge in [0.25, 0.3) is 0 Å². The summed E-state index contributed by atoms with van der Waals surface area (Å²) in [6, 6.07) is 4.35. The van der Waals surface area contributed by atoms with Gasteiger partial charge in [-0.3, -0.25) is 9.67 Å². The lowest BCUT2D eigenvalue weighted by molar-refractivity contribution is 0.495. The molecule has 0 aliphatic heterocycles. The highest BCUT2D eigenvalue weighted by molar-refractivity contribution is 9.10. The van der Waals surface area contributed by atoms with Crippen molar-refractivity contribution in [2.75, 3.05) is 7.05 Å². The Kier molecular flexibility index (Phi) is 5.10. The minimum Gasteiger partial charge on any atom is -0.311 e. The molecular weight excluding hydrogens is 304 g/mol. The van der Waals surface area contributed by atoms with Crippen LogP contribution < -0.4 is 5.32 Å². The molecule has 1 atom stereocenters. The van der Waals surface area contributed by atoms with Crippen molar-refractivity contribution >= 4 is 15.9 Å². The molecule has 0 bridgehead atoms. The number of nitrogens with one attached hydrogen (secondary N) is 1. The van der Waals surface area contributed by atoms with Crippen LogP contribution in [0.4, 0.5) is 0 Å². The van der Waals surface area contributed by atoms with E-state index in [-0.39, 0.29) is 6.04 Å². The monoisotopic (exact) mass is 322 g/mol. The van der Waals surface area contributed by atoms with E-state index in [2.05, 4.69) is 55.1 Å². The first kappa shape index (κ1) is 14.2. The van der Waals surface area contributed by atoms with Gasteiger partial charge in [0.1, 0.15) is 0 Å². The van der Waals surface area contributed by atoms with E-state index in [9.17, 15) is 0 Å². The molecule has 19 heavy (non-hydrogen) atoms. The van der Waals surface area contributed by atoms with Crippen LogP contribution in [-0.2, 0) is 13.0 Å². The Morgan fingerprint density at radius 3 is 2.74 bits per heavy atom. The molecular formula is C14H19BrN4. The van der Waals surface area contributed by atoms with Gasteiger partial charge in [0.15, 0.2) is 0 Å². The molecule has 1 N–H and O–H groups in total. The van der Waals surface area contributed by atoms with Crippen LogP contribution in [0.25, 0.3) is 0 Å². The largest absolute Gasteiger partial charge is 0.311 e. The maximum atomic E-state index is 4.43. The normalized spacial score (nSPS) is 12.6. The second kappa shape index (κ2) is 6.82. The Hall–Kier alpha value is -1.20. The number of nitrogens with zero attached hydrogens (tertiary/aromatic N) is 3. The fraction of sp³-hybridized carbons (Fsp3) is 0.429. The summed E-state index contributed by atoms with van der Waals surface area (Å²) < 4.78 is 3.14. The van der Waals surface area contributed by atoms with Gasteiger partial charge in [0.05, 0.1) is 22.4 Å². The highest BCUT2D eigenvalue weighted by Crippen LogP contribution is 2.26.